The summed E-state index contributed by atoms with van der Waals surface area (Å²) in [6, 6.07) is 31.3. The van der Waals surface area contributed by atoms with Gasteiger partial charge in [-0.05, 0) is 36.4 Å². The fourth-order valence-electron chi connectivity index (χ4n) is 3.44. The van der Waals surface area contributed by atoms with Gasteiger partial charge >= 0.3 is 0 Å². The second kappa shape index (κ2) is 6.05. The molecular weight excluding hydrogens is 318 g/mol. The third kappa shape index (κ3) is 2.42. The maximum Gasteiger partial charge on any atom is 0.138 e. The van der Waals surface area contributed by atoms with Crippen LogP contribution in [0.4, 0.5) is 17.1 Å². The van der Waals surface area contributed by atoms with Gasteiger partial charge in [-0.2, -0.15) is 0 Å². The molecule has 0 saturated heterocycles. The predicted molar refractivity (Wildman–Crippen MR) is 108 cm³/mol. The SMILES string of the molecule is c1ccc(N(c2ccccc2)c2cnc3[nH]c4ccccc4c3c2)cc1. The van der Waals surface area contributed by atoms with Gasteiger partial charge in [0.05, 0.1) is 11.9 Å². The first-order chi connectivity index (χ1) is 12.9. The molecule has 0 spiro atoms. The standard InChI is InChI=1S/C23H17N3/c1-3-9-17(10-4-1)26(18-11-5-2-6-12-18)19-15-21-20-13-7-8-14-22(20)25-23(21)24-16-19/h1-16H,(H,24,25). The van der Waals surface area contributed by atoms with Gasteiger partial charge in [-0.3, -0.25) is 0 Å². The number of hydrogen-bond acceptors (Lipinski definition) is 2. The van der Waals surface area contributed by atoms with Crippen LogP contribution in [0.1, 0.15) is 0 Å². The van der Waals surface area contributed by atoms with E-state index in [1.807, 2.05) is 24.4 Å². The summed E-state index contributed by atoms with van der Waals surface area (Å²) in [4.78, 5) is 10.3. The van der Waals surface area contributed by atoms with E-state index in [2.05, 4.69) is 82.7 Å². The lowest BCUT2D eigenvalue weighted by molar-refractivity contribution is 1.25. The molecule has 3 heteroatoms. The summed E-state index contributed by atoms with van der Waals surface area (Å²) in [5, 5.41) is 2.33. The Hall–Kier alpha value is -3.59. The zero-order valence-electron chi connectivity index (χ0n) is 14.1. The minimum absolute atomic E-state index is 0.913. The van der Waals surface area contributed by atoms with Crippen LogP contribution in [0.2, 0.25) is 0 Å². The molecule has 26 heavy (non-hydrogen) atoms. The van der Waals surface area contributed by atoms with Crippen LogP contribution in [0, 0.1) is 0 Å². The van der Waals surface area contributed by atoms with E-state index < -0.39 is 0 Å². The lowest BCUT2D eigenvalue weighted by atomic mass is 10.1. The van der Waals surface area contributed by atoms with Crippen molar-refractivity contribution in [1.82, 2.24) is 9.97 Å². The number of para-hydroxylation sites is 3. The summed E-state index contributed by atoms with van der Waals surface area (Å²) in [7, 11) is 0. The van der Waals surface area contributed by atoms with Crippen LogP contribution in [0.15, 0.2) is 97.2 Å². The highest BCUT2D eigenvalue weighted by molar-refractivity contribution is 6.07. The molecule has 3 nitrogen and oxygen atoms in total. The normalized spacial score (nSPS) is 11.1. The zero-order chi connectivity index (χ0) is 17.3. The monoisotopic (exact) mass is 335 g/mol. The Balaban J connectivity index is 1.75. The molecule has 5 rings (SSSR count). The fraction of sp³-hybridized carbons (Fsp3) is 0. The number of fused-ring (bicyclic) bond motifs is 3. The first kappa shape index (κ1) is 14.7. The number of nitrogens with zero attached hydrogens (tertiary/aromatic N) is 2. The molecule has 0 aliphatic carbocycles. The van der Waals surface area contributed by atoms with Crippen LogP contribution < -0.4 is 4.90 Å². The molecule has 5 aromatic rings. The van der Waals surface area contributed by atoms with Gasteiger partial charge < -0.3 is 9.88 Å². The number of H-pyrrole nitrogens is 1. The third-order valence-corrected chi connectivity index (χ3v) is 4.63. The molecular formula is C23H17N3. The Morgan fingerprint density at radius 1 is 0.615 bits per heavy atom. The van der Waals surface area contributed by atoms with Crippen molar-refractivity contribution in [2.75, 3.05) is 4.90 Å². The van der Waals surface area contributed by atoms with Crippen molar-refractivity contribution in [2.24, 2.45) is 0 Å². The van der Waals surface area contributed by atoms with Crippen LogP contribution in [0.25, 0.3) is 21.9 Å². The molecule has 0 atom stereocenters. The van der Waals surface area contributed by atoms with E-state index in [1.165, 1.54) is 5.39 Å². The van der Waals surface area contributed by atoms with Gasteiger partial charge in [-0.25, -0.2) is 4.98 Å². The van der Waals surface area contributed by atoms with E-state index >= 15 is 0 Å². The first-order valence-corrected chi connectivity index (χ1v) is 8.67. The molecule has 0 amide bonds. The van der Waals surface area contributed by atoms with Crippen molar-refractivity contribution < 1.29 is 0 Å². The molecule has 3 aromatic carbocycles. The van der Waals surface area contributed by atoms with E-state index in [9.17, 15) is 0 Å². The summed E-state index contributed by atoms with van der Waals surface area (Å²) in [6.07, 6.45) is 1.93. The quantitative estimate of drug-likeness (QED) is 0.426. The van der Waals surface area contributed by atoms with Crippen LogP contribution >= 0.6 is 0 Å². The average molecular weight is 335 g/mol. The smallest absolute Gasteiger partial charge is 0.138 e. The zero-order valence-corrected chi connectivity index (χ0v) is 14.1. The lowest BCUT2D eigenvalue weighted by Crippen LogP contribution is -2.09. The van der Waals surface area contributed by atoms with Crippen LogP contribution in [0.5, 0.6) is 0 Å². The first-order valence-electron chi connectivity index (χ1n) is 8.67. The second-order valence-corrected chi connectivity index (χ2v) is 6.27. The number of aromatic amines is 1. The third-order valence-electron chi connectivity index (χ3n) is 4.63. The van der Waals surface area contributed by atoms with Crippen molar-refractivity contribution in [3.8, 4) is 0 Å². The molecule has 0 aliphatic rings. The van der Waals surface area contributed by atoms with Gasteiger partial charge in [0.15, 0.2) is 0 Å². The molecule has 2 aromatic heterocycles. The Morgan fingerprint density at radius 3 is 1.92 bits per heavy atom. The molecule has 0 saturated carbocycles. The highest BCUT2D eigenvalue weighted by atomic mass is 15.1. The van der Waals surface area contributed by atoms with E-state index in [4.69, 9.17) is 4.98 Å². The van der Waals surface area contributed by atoms with E-state index in [0.29, 0.717) is 0 Å². The number of benzene rings is 3. The van der Waals surface area contributed by atoms with Crippen molar-refractivity contribution in [2.45, 2.75) is 0 Å². The van der Waals surface area contributed by atoms with E-state index in [1.54, 1.807) is 0 Å². The minimum Gasteiger partial charge on any atom is -0.339 e. The lowest BCUT2D eigenvalue weighted by Gasteiger charge is -2.25. The van der Waals surface area contributed by atoms with Crippen molar-refractivity contribution >= 4 is 39.0 Å². The van der Waals surface area contributed by atoms with Crippen molar-refractivity contribution in [1.29, 1.82) is 0 Å². The summed E-state index contributed by atoms with van der Waals surface area (Å²) >= 11 is 0. The molecule has 0 fully saturated rings. The fourth-order valence-corrected chi connectivity index (χ4v) is 3.44. The maximum atomic E-state index is 4.69. The summed E-state index contributed by atoms with van der Waals surface area (Å²) in [5.41, 5.74) is 5.29. The van der Waals surface area contributed by atoms with Gasteiger partial charge in [0.25, 0.3) is 0 Å². The van der Waals surface area contributed by atoms with E-state index in [0.717, 1.165) is 33.6 Å². The summed E-state index contributed by atoms with van der Waals surface area (Å²) in [6.45, 7) is 0. The van der Waals surface area contributed by atoms with Gasteiger partial charge in [0.2, 0.25) is 0 Å². The highest BCUT2D eigenvalue weighted by Gasteiger charge is 2.14. The highest BCUT2D eigenvalue weighted by Crippen LogP contribution is 2.36. The molecule has 124 valence electrons. The number of rotatable bonds is 3. The minimum atomic E-state index is 0.913. The Bertz CT molecular complexity index is 1140. The van der Waals surface area contributed by atoms with Crippen LogP contribution in [0.3, 0.4) is 0 Å². The molecule has 0 aliphatic heterocycles. The Morgan fingerprint density at radius 2 is 1.23 bits per heavy atom. The maximum absolute atomic E-state index is 4.69. The molecule has 0 bridgehead atoms. The molecule has 0 radical (unpaired) electrons. The largest absolute Gasteiger partial charge is 0.339 e. The Kier molecular flexibility index (Phi) is 3.42. The van der Waals surface area contributed by atoms with Gasteiger partial charge in [-0.1, -0.05) is 54.6 Å². The molecule has 2 heterocycles. The van der Waals surface area contributed by atoms with Crippen LogP contribution in [-0.2, 0) is 0 Å². The predicted octanol–water partition coefficient (Wildman–Crippen LogP) is 6.19. The number of hydrogen-bond donors (Lipinski definition) is 1. The van der Waals surface area contributed by atoms with Gasteiger partial charge in [0.1, 0.15) is 5.65 Å². The number of pyridine rings is 1. The van der Waals surface area contributed by atoms with Crippen LogP contribution in [-0.4, -0.2) is 9.97 Å². The van der Waals surface area contributed by atoms with Gasteiger partial charge in [-0.15, -0.1) is 0 Å². The number of anilines is 3. The topological polar surface area (TPSA) is 31.9 Å². The molecule has 0 unspecified atom stereocenters. The molecule has 1 N–H and O–H groups in total. The second-order valence-electron chi connectivity index (χ2n) is 6.27. The number of aromatic nitrogens is 2. The summed E-state index contributed by atoms with van der Waals surface area (Å²) < 4.78 is 0. The van der Waals surface area contributed by atoms with Crippen molar-refractivity contribution in [3.63, 3.8) is 0 Å². The van der Waals surface area contributed by atoms with E-state index in [-0.39, 0.29) is 0 Å². The van der Waals surface area contributed by atoms with Crippen molar-refractivity contribution in [3.05, 3.63) is 97.2 Å². The summed E-state index contributed by atoms with van der Waals surface area (Å²) in [5.74, 6) is 0. The van der Waals surface area contributed by atoms with Gasteiger partial charge in [0, 0.05) is 27.7 Å². The average Bonchev–Trinajstić information content (AvgIpc) is 3.08. The number of nitrogens with one attached hydrogen (secondary N) is 1. The Labute approximate surface area is 151 Å².